The van der Waals surface area contributed by atoms with Gasteiger partial charge in [0.15, 0.2) is 0 Å². The fourth-order valence-electron chi connectivity index (χ4n) is 2.76. The van der Waals surface area contributed by atoms with Crippen molar-refractivity contribution in [3.8, 4) is 0 Å². The van der Waals surface area contributed by atoms with Crippen LogP contribution in [-0.2, 0) is 9.59 Å². The molecule has 5 heteroatoms. The van der Waals surface area contributed by atoms with Gasteiger partial charge in [-0.05, 0) is 39.2 Å². The first-order chi connectivity index (χ1) is 9.00. The molecule has 1 aliphatic rings. The number of piperidine rings is 1. The molecular weight excluding hydrogens is 244 g/mol. The molecule has 0 radical (unpaired) electrons. The van der Waals surface area contributed by atoms with Gasteiger partial charge in [0.05, 0.1) is 5.41 Å². The van der Waals surface area contributed by atoms with Crippen molar-refractivity contribution in [2.24, 2.45) is 5.41 Å². The topological polar surface area (TPSA) is 78.4 Å². The van der Waals surface area contributed by atoms with Crippen LogP contribution in [0.5, 0.6) is 0 Å². The molecule has 1 fully saturated rings. The predicted molar refractivity (Wildman–Crippen MR) is 73.9 cm³/mol. The third kappa shape index (κ3) is 4.82. The fraction of sp³-hybridized carbons (Fsp3) is 0.857. The molecule has 0 aromatic rings. The molecule has 3 N–H and O–H groups in total. The molecule has 1 rings (SSSR count). The molecule has 0 saturated carbocycles. The molecule has 0 spiro atoms. The lowest BCUT2D eigenvalue weighted by atomic mass is 9.76. The Morgan fingerprint density at radius 2 is 2.21 bits per heavy atom. The second kappa shape index (κ2) is 7.48. The van der Waals surface area contributed by atoms with Crippen molar-refractivity contribution in [3.63, 3.8) is 0 Å². The normalized spacial score (nSPS) is 24.7. The first kappa shape index (κ1) is 16.0. The lowest BCUT2D eigenvalue weighted by Gasteiger charge is -2.37. The van der Waals surface area contributed by atoms with Crippen molar-refractivity contribution in [2.45, 2.75) is 58.4 Å². The summed E-state index contributed by atoms with van der Waals surface area (Å²) >= 11 is 0. The number of hydrogen-bond donors (Lipinski definition) is 3. The van der Waals surface area contributed by atoms with Gasteiger partial charge in [-0.1, -0.05) is 13.3 Å². The van der Waals surface area contributed by atoms with E-state index in [-0.39, 0.29) is 23.8 Å². The van der Waals surface area contributed by atoms with Crippen LogP contribution in [0.1, 0.15) is 52.4 Å². The Labute approximate surface area is 115 Å². The molecule has 110 valence electrons. The maximum Gasteiger partial charge on any atom is 0.303 e. The van der Waals surface area contributed by atoms with Crippen molar-refractivity contribution < 1.29 is 14.7 Å². The van der Waals surface area contributed by atoms with Crippen LogP contribution < -0.4 is 10.6 Å². The summed E-state index contributed by atoms with van der Waals surface area (Å²) in [5.41, 5.74) is -0.301. The smallest absolute Gasteiger partial charge is 0.303 e. The molecule has 0 aliphatic carbocycles. The molecule has 1 heterocycles. The number of rotatable bonds is 7. The standard InChI is InChI=1S/C14H26N2O3/c1-3-7-14(8-4-9-15-10-14)13(19)16-11(2)5-6-12(17)18/h11,15H,3-10H2,1-2H3,(H,16,19)(H,17,18). The highest BCUT2D eigenvalue weighted by atomic mass is 16.4. The van der Waals surface area contributed by atoms with E-state index in [1.165, 1.54) is 0 Å². The predicted octanol–water partition coefficient (Wildman–Crippen LogP) is 1.53. The van der Waals surface area contributed by atoms with Crippen LogP contribution in [0.25, 0.3) is 0 Å². The zero-order valence-electron chi connectivity index (χ0n) is 12.0. The Morgan fingerprint density at radius 1 is 1.47 bits per heavy atom. The number of amides is 1. The van der Waals surface area contributed by atoms with E-state index in [1.54, 1.807) is 0 Å². The van der Waals surface area contributed by atoms with E-state index in [0.29, 0.717) is 6.42 Å². The van der Waals surface area contributed by atoms with Gasteiger partial charge in [-0.2, -0.15) is 0 Å². The van der Waals surface area contributed by atoms with Gasteiger partial charge in [-0.3, -0.25) is 9.59 Å². The van der Waals surface area contributed by atoms with E-state index in [1.807, 2.05) is 6.92 Å². The van der Waals surface area contributed by atoms with Crippen molar-refractivity contribution in [1.82, 2.24) is 10.6 Å². The number of nitrogens with one attached hydrogen (secondary N) is 2. The lowest BCUT2D eigenvalue weighted by molar-refractivity contribution is -0.138. The molecule has 0 bridgehead atoms. The molecule has 1 amide bonds. The van der Waals surface area contributed by atoms with Gasteiger partial charge in [0.2, 0.25) is 5.91 Å². The minimum atomic E-state index is -0.816. The Balaban J connectivity index is 2.54. The van der Waals surface area contributed by atoms with E-state index in [9.17, 15) is 9.59 Å². The maximum atomic E-state index is 12.5. The largest absolute Gasteiger partial charge is 0.481 e. The number of carbonyl (C=O) groups is 2. The van der Waals surface area contributed by atoms with E-state index in [2.05, 4.69) is 17.6 Å². The van der Waals surface area contributed by atoms with Crippen LogP contribution in [-0.4, -0.2) is 36.1 Å². The summed E-state index contributed by atoms with van der Waals surface area (Å²) in [4.78, 5) is 23.0. The first-order valence-electron chi connectivity index (χ1n) is 7.23. The average molecular weight is 270 g/mol. The summed E-state index contributed by atoms with van der Waals surface area (Å²) in [5, 5.41) is 15.0. The molecule has 0 aromatic heterocycles. The third-order valence-corrected chi connectivity index (χ3v) is 3.85. The number of aliphatic carboxylic acids is 1. The van der Waals surface area contributed by atoms with Gasteiger partial charge >= 0.3 is 5.97 Å². The van der Waals surface area contributed by atoms with Crippen molar-refractivity contribution in [1.29, 1.82) is 0 Å². The molecular formula is C14H26N2O3. The quantitative estimate of drug-likeness (QED) is 0.655. The summed E-state index contributed by atoms with van der Waals surface area (Å²) in [6.45, 7) is 5.68. The fourth-order valence-corrected chi connectivity index (χ4v) is 2.76. The van der Waals surface area contributed by atoms with Crippen LogP contribution in [0.3, 0.4) is 0 Å². The minimum Gasteiger partial charge on any atom is -0.481 e. The van der Waals surface area contributed by atoms with Gasteiger partial charge in [0.25, 0.3) is 0 Å². The summed E-state index contributed by atoms with van der Waals surface area (Å²) < 4.78 is 0. The Bertz CT molecular complexity index is 306. The second-order valence-electron chi connectivity index (χ2n) is 5.62. The molecule has 5 nitrogen and oxygen atoms in total. The highest BCUT2D eigenvalue weighted by Gasteiger charge is 2.38. The Morgan fingerprint density at radius 3 is 2.74 bits per heavy atom. The highest BCUT2D eigenvalue weighted by Crippen LogP contribution is 2.32. The molecule has 1 saturated heterocycles. The van der Waals surface area contributed by atoms with Crippen molar-refractivity contribution in [3.05, 3.63) is 0 Å². The third-order valence-electron chi connectivity index (χ3n) is 3.85. The van der Waals surface area contributed by atoms with E-state index < -0.39 is 5.97 Å². The Kier molecular flexibility index (Phi) is 6.28. The molecule has 0 aromatic carbocycles. The first-order valence-corrected chi connectivity index (χ1v) is 7.23. The van der Waals surface area contributed by atoms with E-state index in [0.717, 1.165) is 38.8 Å². The summed E-state index contributed by atoms with van der Waals surface area (Å²) in [6, 6.07) is -0.0840. The van der Waals surface area contributed by atoms with Crippen LogP contribution in [0.2, 0.25) is 0 Å². The zero-order valence-corrected chi connectivity index (χ0v) is 12.0. The molecule has 2 unspecified atom stereocenters. The summed E-state index contributed by atoms with van der Waals surface area (Å²) in [6.07, 6.45) is 4.40. The number of carboxylic acid groups (broad SMARTS) is 1. The van der Waals surface area contributed by atoms with Gasteiger partial charge in [-0.15, -0.1) is 0 Å². The molecule has 19 heavy (non-hydrogen) atoms. The van der Waals surface area contributed by atoms with Gasteiger partial charge < -0.3 is 15.7 Å². The SMILES string of the molecule is CCCC1(C(=O)NC(C)CCC(=O)O)CCCNC1. The average Bonchev–Trinajstić information content (AvgIpc) is 2.37. The number of carbonyl (C=O) groups excluding carboxylic acids is 1. The zero-order chi connectivity index (χ0) is 14.3. The van der Waals surface area contributed by atoms with Gasteiger partial charge in [0, 0.05) is 19.0 Å². The van der Waals surface area contributed by atoms with Gasteiger partial charge in [-0.25, -0.2) is 0 Å². The highest BCUT2D eigenvalue weighted by molar-refractivity contribution is 5.83. The van der Waals surface area contributed by atoms with E-state index >= 15 is 0 Å². The monoisotopic (exact) mass is 270 g/mol. The lowest BCUT2D eigenvalue weighted by Crippen LogP contribution is -2.52. The maximum absolute atomic E-state index is 12.5. The van der Waals surface area contributed by atoms with E-state index in [4.69, 9.17) is 5.11 Å². The van der Waals surface area contributed by atoms with Crippen LogP contribution in [0, 0.1) is 5.41 Å². The number of carboxylic acids is 1. The second-order valence-corrected chi connectivity index (χ2v) is 5.62. The minimum absolute atomic E-state index is 0.0828. The van der Waals surface area contributed by atoms with Crippen molar-refractivity contribution >= 4 is 11.9 Å². The van der Waals surface area contributed by atoms with Gasteiger partial charge in [0.1, 0.15) is 0 Å². The summed E-state index contributed by atoms with van der Waals surface area (Å²) in [5.74, 6) is -0.733. The van der Waals surface area contributed by atoms with Crippen LogP contribution >= 0.6 is 0 Å². The molecule has 2 atom stereocenters. The molecule has 1 aliphatic heterocycles. The van der Waals surface area contributed by atoms with Crippen LogP contribution in [0.4, 0.5) is 0 Å². The Hall–Kier alpha value is -1.10. The van der Waals surface area contributed by atoms with Crippen LogP contribution in [0.15, 0.2) is 0 Å². The summed E-state index contributed by atoms with van der Waals surface area (Å²) in [7, 11) is 0. The van der Waals surface area contributed by atoms with Crippen molar-refractivity contribution in [2.75, 3.05) is 13.1 Å². The number of hydrogen-bond acceptors (Lipinski definition) is 3.